The van der Waals surface area contributed by atoms with Crippen molar-refractivity contribution in [2.45, 2.75) is 19.1 Å². The van der Waals surface area contributed by atoms with Gasteiger partial charge in [-0.15, -0.1) is 10.2 Å². The number of hydrogen-bond acceptors (Lipinski definition) is 7. The molecule has 2 aromatic heterocycles. The maximum atomic E-state index is 13.9. The van der Waals surface area contributed by atoms with E-state index in [4.69, 9.17) is 5.14 Å². The number of sulfonamides is 1. The van der Waals surface area contributed by atoms with Gasteiger partial charge in [-0.05, 0) is 42.5 Å². The van der Waals surface area contributed by atoms with Crippen molar-refractivity contribution in [1.82, 2.24) is 25.2 Å². The lowest BCUT2D eigenvalue weighted by atomic mass is 10.0. The number of halogens is 2. The third kappa shape index (κ3) is 4.95. The van der Waals surface area contributed by atoms with Crippen molar-refractivity contribution in [3.8, 4) is 11.5 Å². The second-order valence-corrected chi connectivity index (χ2v) is 8.90. The summed E-state index contributed by atoms with van der Waals surface area (Å²) in [6.45, 7) is 1.35. The summed E-state index contributed by atoms with van der Waals surface area (Å²) in [5.41, 5.74) is -1.06. The lowest BCUT2D eigenvalue weighted by molar-refractivity contribution is 0.0773. The number of aromatic nitrogens is 5. The van der Waals surface area contributed by atoms with E-state index in [1.165, 1.54) is 23.9 Å². The molecule has 0 aliphatic carbocycles. The van der Waals surface area contributed by atoms with Gasteiger partial charge in [0.2, 0.25) is 15.8 Å². The molecule has 3 aromatic rings. The first-order chi connectivity index (χ1) is 13.0. The molecule has 0 spiro atoms. The Labute approximate surface area is 168 Å². The van der Waals surface area contributed by atoms with Crippen LogP contribution in [0.5, 0.6) is 0 Å². The van der Waals surface area contributed by atoms with Crippen molar-refractivity contribution in [3.05, 3.63) is 57.9 Å². The Morgan fingerprint density at radius 1 is 1.32 bits per heavy atom. The zero-order valence-electron chi connectivity index (χ0n) is 14.6. The molecule has 1 aromatic carbocycles. The zero-order valence-corrected chi connectivity index (χ0v) is 17.0. The van der Waals surface area contributed by atoms with Gasteiger partial charge in [0.05, 0.1) is 18.0 Å². The monoisotopic (exact) mass is 470 g/mol. The second kappa shape index (κ2) is 7.62. The topological polar surface area (TPSA) is 137 Å². The van der Waals surface area contributed by atoms with Crippen LogP contribution in [-0.2, 0) is 22.2 Å². The maximum absolute atomic E-state index is 13.9. The highest BCUT2D eigenvalue weighted by atomic mass is 79.9. The fourth-order valence-corrected chi connectivity index (χ4v) is 3.89. The van der Waals surface area contributed by atoms with Crippen LogP contribution in [0.15, 0.2) is 40.9 Å². The zero-order chi connectivity index (χ0) is 20.5. The molecular weight excluding hydrogens is 455 g/mol. The van der Waals surface area contributed by atoms with Gasteiger partial charge >= 0.3 is 0 Å². The molecule has 28 heavy (non-hydrogen) atoms. The molecule has 2 heterocycles. The van der Waals surface area contributed by atoms with E-state index in [1.807, 2.05) is 0 Å². The molecule has 0 unspecified atom stereocenters. The Bertz CT molecular complexity index is 1120. The van der Waals surface area contributed by atoms with Gasteiger partial charge in [0.15, 0.2) is 0 Å². The number of nitrogens with two attached hydrogens (primary N) is 1. The highest BCUT2D eigenvalue weighted by Crippen LogP contribution is 2.22. The molecule has 3 N–H and O–H groups in total. The van der Waals surface area contributed by atoms with Gasteiger partial charge < -0.3 is 5.11 Å². The van der Waals surface area contributed by atoms with Crippen LogP contribution in [0.1, 0.15) is 18.2 Å². The van der Waals surface area contributed by atoms with E-state index in [0.717, 1.165) is 4.47 Å². The molecule has 0 saturated heterocycles. The van der Waals surface area contributed by atoms with Gasteiger partial charge in [0, 0.05) is 10.0 Å². The summed E-state index contributed by atoms with van der Waals surface area (Å²) >= 11 is 3.28. The minimum Gasteiger partial charge on any atom is -0.383 e. The van der Waals surface area contributed by atoms with E-state index in [1.54, 1.807) is 24.3 Å². The lowest BCUT2D eigenvalue weighted by Crippen LogP contribution is -2.35. The van der Waals surface area contributed by atoms with Crippen molar-refractivity contribution in [3.63, 3.8) is 0 Å². The summed E-state index contributed by atoms with van der Waals surface area (Å²) in [6.07, 6.45) is 0. The third-order valence-corrected chi connectivity index (χ3v) is 5.24. The van der Waals surface area contributed by atoms with Gasteiger partial charge in [-0.2, -0.15) is 4.80 Å². The quantitative estimate of drug-likeness (QED) is 0.551. The van der Waals surface area contributed by atoms with E-state index in [9.17, 15) is 17.9 Å². The summed E-state index contributed by atoms with van der Waals surface area (Å²) in [5, 5.41) is 27.4. The number of pyridine rings is 1. The van der Waals surface area contributed by atoms with Crippen molar-refractivity contribution in [2.75, 3.05) is 5.75 Å². The fourth-order valence-electron chi connectivity index (χ4n) is 2.55. The molecule has 1 atom stereocenters. The summed E-state index contributed by atoms with van der Waals surface area (Å²) in [7, 11) is -3.92. The number of nitrogens with zero attached hydrogens (tertiary/aromatic N) is 5. The van der Waals surface area contributed by atoms with Crippen LogP contribution in [0.4, 0.5) is 4.39 Å². The van der Waals surface area contributed by atoms with Gasteiger partial charge in [0.1, 0.15) is 17.1 Å². The molecule has 0 amide bonds. The normalized spacial score (nSPS) is 14.0. The van der Waals surface area contributed by atoms with E-state index in [-0.39, 0.29) is 23.8 Å². The molecule has 0 aliphatic heterocycles. The number of hydrogen-bond donors (Lipinski definition) is 2. The summed E-state index contributed by atoms with van der Waals surface area (Å²) in [5.74, 6) is -0.955. The van der Waals surface area contributed by atoms with E-state index in [2.05, 4.69) is 36.3 Å². The average molecular weight is 471 g/mol. The van der Waals surface area contributed by atoms with E-state index in [0.29, 0.717) is 5.56 Å². The molecule has 0 saturated carbocycles. The van der Waals surface area contributed by atoms with Crippen LogP contribution in [0.3, 0.4) is 0 Å². The molecule has 0 bridgehead atoms. The molecule has 0 radical (unpaired) electrons. The van der Waals surface area contributed by atoms with Crippen LogP contribution < -0.4 is 5.14 Å². The molecule has 0 aliphatic rings. The Hall–Kier alpha value is -2.28. The summed E-state index contributed by atoms with van der Waals surface area (Å²) in [4.78, 5) is 5.43. The van der Waals surface area contributed by atoms with Crippen molar-refractivity contribution in [1.29, 1.82) is 0 Å². The molecule has 148 valence electrons. The van der Waals surface area contributed by atoms with Crippen LogP contribution in [0.2, 0.25) is 0 Å². The predicted molar refractivity (Wildman–Crippen MR) is 102 cm³/mol. The SMILES string of the molecule is C[C@](O)(CS(N)(=O)=O)c1cccc(-c2nnn(Cc3cc(Br)ccc3F)n2)n1. The highest BCUT2D eigenvalue weighted by Gasteiger charge is 2.30. The summed E-state index contributed by atoms with van der Waals surface area (Å²) < 4.78 is 37.3. The van der Waals surface area contributed by atoms with Crippen molar-refractivity contribution < 1.29 is 17.9 Å². The first-order valence-corrected chi connectivity index (χ1v) is 10.5. The first-order valence-electron chi connectivity index (χ1n) is 7.96. The van der Waals surface area contributed by atoms with Crippen molar-refractivity contribution in [2.24, 2.45) is 5.14 Å². The minimum atomic E-state index is -3.92. The van der Waals surface area contributed by atoms with Crippen LogP contribution >= 0.6 is 15.9 Å². The fraction of sp³-hybridized carbons (Fsp3) is 0.250. The highest BCUT2D eigenvalue weighted by molar-refractivity contribution is 9.10. The number of primary sulfonamides is 1. The number of benzene rings is 1. The molecule has 9 nitrogen and oxygen atoms in total. The van der Waals surface area contributed by atoms with Crippen LogP contribution in [-0.4, -0.2) is 44.5 Å². The Balaban J connectivity index is 1.87. The maximum Gasteiger partial charge on any atom is 0.223 e. The summed E-state index contributed by atoms with van der Waals surface area (Å²) in [6, 6.07) is 9.15. The van der Waals surface area contributed by atoms with Gasteiger partial charge in [-0.3, -0.25) is 0 Å². The van der Waals surface area contributed by atoms with E-state index >= 15 is 0 Å². The minimum absolute atomic E-state index is 0.0566. The molecule has 0 fully saturated rings. The van der Waals surface area contributed by atoms with Gasteiger partial charge in [0.25, 0.3) is 0 Å². The van der Waals surface area contributed by atoms with Gasteiger partial charge in [-0.25, -0.2) is 22.9 Å². The largest absolute Gasteiger partial charge is 0.383 e. The number of tetrazole rings is 1. The Kier molecular flexibility index (Phi) is 5.57. The first kappa shape index (κ1) is 20.5. The predicted octanol–water partition coefficient (Wildman–Crippen LogP) is 1.18. The standard InChI is InChI=1S/C16H16BrFN6O3S/c1-16(25,9-28(19,26)27)14-4-2-3-13(20-14)15-21-23-24(22-15)8-10-7-11(17)5-6-12(10)18/h2-7,25H,8-9H2,1H3,(H2,19,26,27)/t16-/m0/s1. The number of rotatable bonds is 6. The second-order valence-electron chi connectivity index (χ2n) is 6.37. The van der Waals surface area contributed by atoms with Gasteiger partial charge in [-0.1, -0.05) is 22.0 Å². The lowest BCUT2D eigenvalue weighted by Gasteiger charge is -2.21. The Morgan fingerprint density at radius 2 is 2.07 bits per heavy atom. The third-order valence-electron chi connectivity index (χ3n) is 3.78. The smallest absolute Gasteiger partial charge is 0.223 e. The molecule has 3 rings (SSSR count). The average Bonchev–Trinajstić information content (AvgIpc) is 3.05. The van der Waals surface area contributed by atoms with E-state index < -0.39 is 27.2 Å². The number of aliphatic hydroxyl groups is 1. The molecular formula is C16H16BrFN6O3S. The van der Waals surface area contributed by atoms with Crippen LogP contribution in [0, 0.1) is 5.82 Å². The van der Waals surface area contributed by atoms with Crippen molar-refractivity contribution >= 4 is 26.0 Å². The van der Waals surface area contributed by atoms with Crippen LogP contribution in [0.25, 0.3) is 11.5 Å². The Morgan fingerprint density at radius 3 is 2.79 bits per heavy atom. The molecule has 12 heteroatoms.